The quantitative estimate of drug-likeness (QED) is 0.601. The number of sulfonamides is 1. The third kappa shape index (κ3) is 4.02. The second-order valence-electron chi connectivity index (χ2n) is 4.19. The summed E-state index contributed by atoms with van der Waals surface area (Å²) in [5.74, 6) is 0. The van der Waals surface area contributed by atoms with Crippen LogP contribution < -0.4 is 4.72 Å². The van der Waals surface area contributed by atoms with Crippen molar-refractivity contribution in [2.75, 3.05) is 0 Å². The van der Waals surface area contributed by atoms with E-state index in [9.17, 15) is 8.42 Å². The van der Waals surface area contributed by atoms with Crippen LogP contribution in [0.2, 0.25) is 8.67 Å². The Kier molecular flexibility index (Phi) is 5.79. The third-order valence-electron chi connectivity index (χ3n) is 2.70. The van der Waals surface area contributed by atoms with Crippen LogP contribution in [-0.2, 0) is 10.0 Å². The highest BCUT2D eigenvalue weighted by atomic mass is 79.9. The van der Waals surface area contributed by atoms with Crippen molar-refractivity contribution >= 4 is 76.4 Å². The van der Waals surface area contributed by atoms with Crippen molar-refractivity contribution in [3.63, 3.8) is 0 Å². The van der Waals surface area contributed by atoms with Gasteiger partial charge < -0.3 is 0 Å². The molecule has 0 aliphatic carbocycles. The first-order chi connectivity index (χ1) is 9.72. The van der Waals surface area contributed by atoms with E-state index in [0.717, 1.165) is 21.4 Å². The number of halogens is 4. The zero-order chi connectivity index (χ0) is 15.8. The molecule has 1 aromatic heterocycles. The highest BCUT2D eigenvalue weighted by molar-refractivity contribution is 9.10. The van der Waals surface area contributed by atoms with Crippen LogP contribution in [0.15, 0.2) is 38.1 Å². The van der Waals surface area contributed by atoms with Crippen LogP contribution in [0.4, 0.5) is 0 Å². The Balaban J connectivity index is 2.31. The smallest absolute Gasteiger partial charge is 0.207 e. The highest BCUT2D eigenvalue weighted by Gasteiger charge is 2.27. The number of hydrogen-bond acceptors (Lipinski definition) is 3. The van der Waals surface area contributed by atoms with Gasteiger partial charge >= 0.3 is 0 Å². The lowest BCUT2D eigenvalue weighted by atomic mass is 10.1. The lowest BCUT2D eigenvalue weighted by molar-refractivity contribution is 0.567. The van der Waals surface area contributed by atoms with E-state index in [4.69, 9.17) is 23.2 Å². The van der Waals surface area contributed by atoms with E-state index in [-0.39, 0.29) is 13.7 Å². The molecule has 3 nitrogen and oxygen atoms in total. The number of thiophene rings is 1. The third-order valence-corrected chi connectivity index (χ3v) is 8.23. The number of benzene rings is 1. The van der Waals surface area contributed by atoms with E-state index in [1.54, 1.807) is 6.92 Å². The van der Waals surface area contributed by atoms with E-state index < -0.39 is 16.1 Å². The molecule has 0 spiro atoms. The molecule has 0 saturated heterocycles. The molecule has 0 aliphatic heterocycles. The van der Waals surface area contributed by atoms with Crippen LogP contribution in [0.5, 0.6) is 0 Å². The maximum Gasteiger partial charge on any atom is 0.244 e. The Morgan fingerprint density at radius 3 is 2.19 bits per heavy atom. The number of nitrogens with one attached hydrogen (secondary N) is 1. The molecule has 2 rings (SSSR count). The summed E-state index contributed by atoms with van der Waals surface area (Å²) in [6.07, 6.45) is 0. The topological polar surface area (TPSA) is 46.2 Å². The van der Waals surface area contributed by atoms with Crippen molar-refractivity contribution < 1.29 is 8.42 Å². The molecule has 2 aromatic rings. The van der Waals surface area contributed by atoms with E-state index in [2.05, 4.69) is 36.6 Å². The van der Waals surface area contributed by atoms with E-state index >= 15 is 0 Å². The van der Waals surface area contributed by atoms with E-state index in [1.807, 2.05) is 24.3 Å². The summed E-state index contributed by atoms with van der Waals surface area (Å²) in [4.78, 5) is -0.0249. The van der Waals surface area contributed by atoms with Crippen LogP contribution in [0.25, 0.3) is 0 Å². The number of rotatable bonds is 4. The molecule has 9 heteroatoms. The summed E-state index contributed by atoms with van der Waals surface area (Å²) < 4.78 is 29.1. The first-order valence-corrected chi connectivity index (χ1v) is 10.3. The fourth-order valence-corrected chi connectivity index (χ4v) is 6.73. The zero-order valence-corrected chi connectivity index (χ0v) is 16.8. The molecule has 0 fully saturated rings. The molecule has 0 radical (unpaired) electrons. The van der Waals surface area contributed by atoms with Gasteiger partial charge in [-0.05, 0) is 40.5 Å². The van der Waals surface area contributed by atoms with Crippen molar-refractivity contribution in [3.05, 3.63) is 47.4 Å². The summed E-state index contributed by atoms with van der Waals surface area (Å²) in [5.41, 5.74) is 0.843. The molecule has 1 atom stereocenters. The maximum atomic E-state index is 12.5. The predicted octanol–water partition coefficient (Wildman–Crippen LogP) is 5.62. The molecule has 0 bridgehead atoms. The molecular weight excluding hydrogens is 485 g/mol. The van der Waals surface area contributed by atoms with Crippen molar-refractivity contribution in [1.29, 1.82) is 0 Å². The van der Waals surface area contributed by atoms with Crippen LogP contribution in [0.3, 0.4) is 0 Å². The molecule has 0 saturated carbocycles. The minimum Gasteiger partial charge on any atom is -0.207 e. The SMILES string of the molecule is CC(NS(=O)(=O)c1c(Cl)sc(Cl)c1Br)c1ccc(Br)cc1. The van der Waals surface area contributed by atoms with Crippen molar-refractivity contribution in [1.82, 2.24) is 4.72 Å². The molecule has 1 aromatic carbocycles. The normalized spacial score (nSPS) is 13.4. The van der Waals surface area contributed by atoms with Crippen LogP contribution in [-0.4, -0.2) is 8.42 Å². The summed E-state index contributed by atoms with van der Waals surface area (Å²) >= 11 is 19.4. The van der Waals surface area contributed by atoms with Crippen molar-refractivity contribution in [3.8, 4) is 0 Å². The lowest BCUT2D eigenvalue weighted by Gasteiger charge is -2.14. The van der Waals surface area contributed by atoms with Gasteiger partial charge in [0.05, 0.1) is 4.47 Å². The van der Waals surface area contributed by atoms with Gasteiger partial charge in [-0.15, -0.1) is 11.3 Å². The lowest BCUT2D eigenvalue weighted by Crippen LogP contribution is -2.27. The Hall–Kier alpha value is 0.370. The minimum absolute atomic E-state index is 0.0249. The van der Waals surface area contributed by atoms with Gasteiger partial charge in [0.1, 0.15) is 13.6 Å². The average molecular weight is 494 g/mol. The maximum absolute atomic E-state index is 12.5. The van der Waals surface area contributed by atoms with Crippen LogP contribution >= 0.6 is 66.4 Å². The Bertz CT molecular complexity index is 760. The van der Waals surface area contributed by atoms with Crippen LogP contribution in [0.1, 0.15) is 18.5 Å². The fourth-order valence-electron chi connectivity index (χ4n) is 1.68. The average Bonchev–Trinajstić information content (AvgIpc) is 2.63. The van der Waals surface area contributed by atoms with Gasteiger partial charge in [-0.2, -0.15) is 0 Å². The molecule has 0 amide bonds. The van der Waals surface area contributed by atoms with Gasteiger partial charge in [-0.1, -0.05) is 51.3 Å². The molecule has 1 N–H and O–H groups in total. The van der Waals surface area contributed by atoms with Gasteiger partial charge in [0.15, 0.2) is 0 Å². The van der Waals surface area contributed by atoms with E-state index in [1.165, 1.54) is 0 Å². The van der Waals surface area contributed by atoms with Gasteiger partial charge in [0, 0.05) is 10.5 Å². The number of hydrogen-bond donors (Lipinski definition) is 1. The Morgan fingerprint density at radius 1 is 1.14 bits per heavy atom. The van der Waals surface area contributed by atoms with Gasteiger partial charge in [0.25, 0.3) is 0 Å². The molecule has 114 valence electrons. The molecule has 0 aliphatic rings. The van der Waals surface area contributed by atoms with Crippen molar-refractivity contribution in [2.45, 2.75) is 17.9 Å². The summed E-state index contributed by atoms with van der Waals surface area (Å²) in [6.45, 7) is 1.76. The Labute approximate surface area is 154 Å². The summed E-state index contributed by atoms with van der Waals surface area (Å²) in [7, 11) is -3.77. The first kappa shape index (κ1) is 17.7. The first-order valence-electron chi connectivity index (χ1n) is 5.63. The summed E-state index contributed by atoms with van der Waals surface area (Å²) in [5, 5.41) is 0. The van der Waals surface area contributed by atoms with Crippen LogP contribution in [0, 0.1) is 0 Å². The second-order valence-corrected chi connectivity index (χ2v) is 9.77. The largest absolute Gasteiger partial charge is 0.244 e. The molecular formula is C12H9Br2Cl2NO2S2. The minimum atomic E-state index is -3.77. The predicted molar refractivity (Wildman–Crippen MR) is 94.9 cm³/mol. The molecule has 1 unspecified atom stereocenters. The zero-order valence-electron chi connectivity index (χ0n) is 10.5. The summed E-state index contributed by atoms with van der Waals surface area (Å²) in [6, 6.07) is 6.99. The van der Waals surface area contributed by atoms with Gasteiger partial charge in [-0.3, -0.25) is 0 Å². The highest BCUT2D eigenvalue weighted by Crippen LogP contribution is 2.43. The standard InChI is InChI=1S/C12H9Br2Cl2NO2S2/c1-6(7-2-4-8(13)5-3-7)17-21(18,19)10-9(14)11(15)20-12(10)16/h2-6,17H,1H3. The van der Waals surface area contributed by atoms with Crippen molar-refractivity contribution in [2.24, 2.45) is 0 Å². The van der Waals surface area contributed by atoms with Gasteiger partial charge in [-0.25, -0.2) is 13.1 Å². The van der Waals surface area contributed by atoms with Gasteiger partial charge in [0.2, 0.25) is 10.0 Å². The molecule has 1 heterocycles. The Morgan fingerprint density at radius 2 is 1.71 bits per heavy atom. The fraction of sp³-hybridized carbons (Fsp3) is 0.167. The second kappa shape index (κ2) is 6.86. The monoisotopic (exact) mass is 491 g/mol. The van der Waals surface area contributed by atoms with E-state index in [0.29, 0.717) is 4.34 Å². The molecule has 21 heavy (non-hydrogen) atoms.